The summed E-state index contributed by atoms with van der Waals surface area (Å²) >= 11 is 6.29. The number of hydrogen-bond acceptors (Lipinski definition) is 4. The molecule has 0 aliphatic carbocycles. The minimum atomic E-state index is -0.141. The highest BCUT2D eigenvalue weighted by Gasteiger charge is 2.22. The van der Waals surface area contributed by atoms with Gasteiger partial charge >= 0.3 is 0 Å². The second kappa shape index (κ2) is 6.68. The first-order valence-electron chi connectivity index (χ1n) is 6.70. The maximum atomic E-state index is 6.29. The molecule has 0 bridgehead atoms. The van der Waals surface area contributed by atoms with Gasteiger partial charge in [-0.05, 0) is 43.7 Å². The lowest BCUT2D eigenvalue weighted by Crippen LogP contribution is -2.26. The molecule has 4 nitrogen and oxygen atoms in total. The van der Waals surface area contributed by atoms with Crippen molar-refractivity contribution in [2.45, 2.75) is 26.3 Å². The standard InChI is InChI=1S/C15H19ClN4/c1-3-7-18-14(13-11(16)5-4-8-19-13)12-10(2)6-9-20-15(12)17/h4-6,8-9,14,18H,3,7H2,1-2H3,(H2,17,20). The van der Waals surface area contributed by atoms with Gasteiger partial charge in [-0.1, -0.05) is 18.5 Å². The highest BCUT2D eigenvalue weighted by atomic mass is 35.5. The molecule has 2 aromatic heterocycles. The Balaban J connectivity index is 2.50. The molecule has 106 valence electrons. The third kappa shape index (κ3) is 3.08. The molecule has 0 aromatic carbocycles. The molecule has 2 rings (SSSR count). The number of nitrogens with zero attached hydrogens (tertiary/aromatic N) is 2. The van der Waals surface area contributed by atoms with Gasteiger partial charge in [-0.25, -0.2) is 4.98 Å². The fraction of sp³-hybridized carbons (Fsp3) is 0.333. The van der Waals surface area contributed by atoms with Gasteiger partial charge in [-0.3, -0.25) is 4.98 Å². The Hall–Kier alpha value is -1.65. The molecular weight excluding hydrogens is 272 g/mol. The number of nitrogen functional groups attached to an aromatic ring is 1. The number of nitrogens with one attached hydrogen (secondary N) is 1. The van der Waals surface area contributed by atoms with E-state index in [0.29, 0.717) is 10.8 Å². The number of aromatic nitrogens is 2. The summed E-state index contributed by atoms with van der Waals surface area (Å²) in [6.07, 6.45) is 4.47. The molecule has 5 heteroatoms. The van der Waals surface area contributed by atoms with Crippen molar-refractivity contribution in [3.63, 3.8) is 0 Å². The third-order valence-electron chi connectivity index (χ3n) is 3.19. The minimum absolute atomic E-state index is 0.141. The van der Waals surface area contributed by atoms with E-state index < -0.39 is 0 Å². The van der Waals surface area contributed by atoms with Crippen molar-refractivity contribution in [2.75, 3.05) is 12.3 Å². The summed E-state index contributed by atoms with van der Waals surface area (Å²) in [5.41, 5.74) is 8.86. The van der Waals surface area contributed by atoms with Crippen LogP contribution in [0.3, 0.4) is 0 Å². The van der Waals surface area contributed by atoms with E-state index in [1.54, 1.807) is 12.4 Å². The lowest BCUT2D eigenvalue weighted by molar-refractivity contribution is 0.584. The Kier molecular flexibility index (Phi) is 4.93. The molecule has 0 aliphatic rings. The number of halogens is 1. The second-order valence-electron chi connectivity index (χ2n) is 4.68. The van der Waals surface area contributed by atoms with Crippen molar-refractivity contribution in [2.24, 2.45) is 0 Å². The first kappa shape index (κ1) is 14.8. The summed E-state index contributed by atoms with van der Waals surface area (Å²) < 4.78 is 0. The molecule has 2 aromatic rings. The predicted octanol–water partition coefficient (Wildman–Crippen LogP) is 3.11. The molecule has 1 atom stereocenters. The number of aryl methyl sites for hydroxylation is 1. The number of anilines is 1. The second-order valence-corrected chi connectivity index (χ2v) is 5.09. The van der Waals surface area contributed by atoms with E-state index in [1.807, 2.05) is 25.1 Å². The monoisotopic (exact) mass is 290 g/mol. The number of hydrogen-bond donors (Lipinski definition) is 2. The van der Waals surface area contributed by atoms with Gasteiger partial charge in [0.2, 0.25) is 0 Å². The van der Waals surface area contributed by atoms with Gasteiger partial charge in [0.25, 0.3) is 0 Å². The molecule has 0 saturated heterocycles. The highest BCUT2D eigenvalue weighted by molar-refractivity contribution is 6.31. The summed E-state index contributed by atoms with van der Waals surface area (Å²) in [5.74, 6) is 0.514. The van der Waals surface area contributed by atoms with E-state index in [9.17, 15) is 0 Å². The van der Waals surface area contributed by atoms with Crippen LogP contribution in [0.5, 0.6) is 0 Å². The van der Waals surface area contributed by atoms with Gasteiger partial charge < -0.3 is 11.1 Å². The Morgan fingerprint density at radius 3 is 2.75 bits per heavy atom. The number of nitrogens with two attached hydrogens (primary N) is 1. The molecule has 0 saturated carbocycles. The van der Waals surface area contributed by atoms with Crippen LogP contribution in [-0.2, 0) is 0 Å². The van der Waals surface area contributed by atoms with Crippen molar-refractivity contribution < 1.29 is 0 Å². The first-order valence-corrected chi connectivity index (χ1v) is 7.07. The SMILES string of the molecule is CCCNC(c1ncccc1Cl)c1c(C)ccnc1N. The highest BCUT2D eigenvalue weighted by Crippen LogP contribution is 2.31. The van der Waals surface area contributed by atoms with Crippen LogP contribution in [0.4, 0.5) is 5.82 Å². The van der Waals surface area contributed by atoms with Gasteiger partial charge in [0, 0.05) is 18.0 Å². The molecule has 0 amide bonds. The van der Waals surface area contributed by atoms with Crippen molar-refractivity contribution >= 4 is 17.4 Å². The summed E-state index contributed by atoms with van der Waals surface area (Å²) in [5, 5.41) is 4.09. The molecule has 0 radical (unpaired) electrons. The zero-order valence-electron chi connectivity index (χ0n) is 11.7. The zero-order valence-corrected chi connectivity index (χ0v) is 12.5. The van der Waals surface area contributed by atoms with Gasteiger partial charge in [-0.2, -0.15) is 0 Å². The lowest BCUT2D eigenvalue weighted by Gasteiger charge is -2.22. The van der Waals surface area contributed by atoms with E-state index >= 15 is 0 Å². The van der Waals surface area contributed by atoms with Gasteiger partial charge in [-0.15, -0.1) is 0 Å². The van der Waals surface area contributed by atoms with Crippen LogP contribution in [0.2, 0.25) is 5.02 Å². The molecular formula is C15H19ClN4. The van der Waals surface area contributed by atoms with Crippen LogP contribution >= 0.6 is 11.6 Å². The van der Waals surface area contributed by atoms with E-state index in [0.717, 1.165) is 29.8 Å². The summed E-state index contributed by atoms with van der Waals surface area (Å²) in [6.45, 7) is 4.99. The van der Waals surface area contributed by atoms with Crippen LogP contribution < -0.4 is 11.1 Å². The van der Waals surface area contributed by atoms with E-state index in [1.165, 1.54) is 0 Å². The molecule has 0 fully saturated rings. The lowest BCUT2D eigenvalue weighted by atomic mass is 9.99. The molecule has 20 heavy (non-hydrogen) atoms. The Bertz CT molecular complexity index is 566. The molecule has 1 unspecified atom stereocenters. The van der Waals surface area contributed by atoms with Gasteiger partial charge in [0.1, 0.15) is 5.82 Å². The van der Waals surface area contributed by atoms with Gasteiger partial charge in [0.05, 0.1) is 16.8 Å². The number of rotatable bonds is 5. The molecule has 0 spiro atoms. The normalized spacial score (nSPS) is 12.3. The molecule has 3 N–H and O–H groups in total. The average Bonchev–Trinajstić information content (AvgIpc) is 2.43. The van der Waals surface area contributed by atoms with E-state index in [-0.39, 0.29) is 6.04 Å². The maximum Gasteiger partial charge on any atom is 0.128 e. The van der Waals surface area contributed by atoms with Crippen molar-refractivity contribution in [3.8, 4) is 0 Å². The van der Waals surface area contributed by atoms with Crippen LogP contribution in [0.25, 0.3) is 0 Å². The zero-order chi connectivity index (χ0) is 14.5. The Morgan fingerprint density at radius 2 is 2.10 bits per heavy atom. The van der Waals surface area contributed by atoms with Crippen LogP contribution in [-0.4, -0.2) is 16.5 Å². The van der Waals surface area contributed by atoms with Crippen molar-refractivity contribution in [3.05, 3.63) is 52.4 Å². The van der Waals surface area contributed by atoms with Crippen LogP contribution in [0.15, 0.2) is 30.6 Å². The van der Waals surface area contributed by atoms with E-state index in [4.69, 9.17) is 17.3 Å². The van der Waals surface area contributed by atoms with Gasteiger partial charge in [0.15, 0.2) is 0 Å². The number of pyridine rings is 2. The van der Waals surface area contributed by atoms with Crippen LogP contribution in [0, 0.1) is 6.92 Å². The van der Waals surface area contributed by atoms with Crippen molar-refractivity contribution in [1.82, 2.24) is 15.3 Å². The predicted molar refractivity (Wildman–Crippen MR) is 82.8 cm³/mol. The maximum absolute atomic E-state index is 6.29. The fourth-order valence-corrected chi connectivity index (χ4v) is 2.43. The smallest absolute Gasteiger partial charge is 0.128 e. The quantitative estimate of drug-likeness (QED) is 0.888. The Morgan fingerprint density at radius 1 is 1.30 bits per heavy atom. The summed E-state index contributed by atoms with van der Waals surface area (Å²) in [7, 11) is 0. The summed E-state index contributed by atoms with van der Waals surface area (Å²) in [4.78, 5) is 8.60. The average molecular weight is 291 g/mol. The minimum Gasteiger partial charge on any atom is -0.383 e. The molecule has 0 aliphatic heterocycles. The Labute approximate surface area is 124 Å². The first-order chi connectivity index (χ1) is 9.65. The summed E-state index contributed by atoms with van der Waals surface area (Å²) in [6, 6.07) is 5.47. The molecule has 2 heterocycles. The third-order valence-corrected chi connectivity index (χ3v) is 3.51. The largest absolute Gasteiger partial charge is 0.383 e. The van der Waals surface area contributed by atoms with Crippen molar-refractivity contribution in [1.29, 1.82) is 0 Å². The van der Waals surface area contributed by atoms with Crippen LogP contribution in [0.1, 0.15) is 36.2 Å². The van der Waals surface area contributed by atoms with E-state index in [2.05, 4.69) is 22.2 Å². The topological polar surface area (TPSA) is 63.8 Å². The fourth-order valence-electron chi connectivity index (χ4n) is 2.20.